The molecule has 2 N–H and O–H groups in total. The molecule has 1 aliphatic rings. The summed E-state index contributed by atoms with van der Waals surface area (Å²) < 4.78 is 0. The van der Waals surface area contributed by atoms with Crippen LogP contribution in [0.3, 0.4) is 0 Å². The van der Waals surface area contributed by atoms with Crippen molar-refractivity contribution in [3.63, 3.8) is 0 Å². The summed E-state index contributed by atoms with van der Waals surface area (Å²) >= 11 is 0. The van der Waals surface area contributed by atoms with E-state index < -0.39 is 0 Å². The van der Waals surface area contributed by atoms with Crippen LogP contribution in [0.2, 0.25) is 0 Å². The maximum Gasteiger partial charge on any atom is 0.0866 e. The molecule has 1 heterocycles. The van der Waals surface area contributed by atoms with Gasteiger partial charge in [0, 0.05) is 32.7 Å². The highest BCUT2D eigenvalue weighted by molar-refractivity contribution is 4.79. The first-order chi connectivity index (χ1) is 6.36. The van der Waals surface area contributed by atoms with E-state index in [9.17, 15) is 0 Å². The van der Waals surface area contributed by atoms with Crippen molar-refractivity contribution in [1.29, 1.82) is 5.26 Å². The van der Waals surface area contributed by atoms with Crippen LogP contribution in [0.5, 0.6) is 0 Å². The van der Waals surface area contributed by atoms with Crippen molar-refractivity contribution in [3.05, 3.63) is 0 Å². The predicted molar refractivity (Wildman–Crippen MR) is 52.2 cm³/mol. The highest BCUT2D eigenvalue weighted by Crippen LogP contribution is 2.01. The minimum atomic E-state index is 0.566. The van der Waals surface area contributed by atoms with E-state index >= 15 is 0 Å². The molecule has 4 nitrogen and oxygen atoms in total. The maximum atomic E-state index is 8.55. The number of nitriles is 1. The Hall–Kier alpha value is -0.630. The summed E-state index contributed by atoms with van der Waals surface area (Å²) in [6.07, 6.45) is 1.15. The van der Waals surface area contributed by atoms with Gasteiger partial charge in [-0.2, -0.15) is 5.26 Å². The quantitative estimate of drug-likeness (QED) is 0.597. The van der Waals surface area contributed by atoms with Gasteiger partial charge in [-0.1, -0.05) is 0 Å². The molecule has 13 heavy (non-hydrogen) atoms. The minimum Gasteiger partial charge on any atom is -0.329 e. The van der Waals surface area contributed by atoms with E-state index in [2.05, 4.69) is 15.9 Å². The Labute approximate surface area is 79.9 Å². The lowest BCUT2D eigenvalue weighted by Crippen LogP contribution is -2.34. The van der Waals surface area contributed by atoms with Crippen molar-refractivity contribution in [3.8, 4) is 6.07 Å². The molecule has 1 fully saturated rings. The molecular formula is C9H18N4. The topological polar surface area (TPSA) is 56.3 Å². The van der Waals surface area contributed by atoms with Gasteiger partial charge in [0.15, 0.2) is 0 Å². The van der Waals surface area contributed by atoms with Crippen LogP contribution in [0, 0.1) is 11.3 Å². The summed E-state index contributed by atoms with van der Waals surface area (Å²) in [5, 5.41) is 8.55. The van der Waals surface area contributed by atoms with Crippen LogP contribution in [0.1, 0.15) is 6.42 Å². The van der Waals surface area contributed by atoms with Crippen molar-refractivity contribution in [1.82, 2.24) is 9.80 Å². The average Bonchev–Trinajstić information content (AvgIpc) is 2.33. The van der Waals surface area contributed by atoms with E-state index in [1.807, 2.05) is 0 Å². The molecule has 0 unspecified atom stereocenters. The molecule has 0 saturated carbocycles. The lowest BCUT2D eigenvalue weighted by Gasteiger charge is -2.19. The van der Waals surface area contributed by atoms with E-state index in [0.717, 1.165) is 45.7 Å². The van der Waals surface area contributed by atoms with Gasteiger partial charge in [0.25, 0.3) is 0 Å². The number of nitrogens with two attached hydrogens (primary N) is 1. The fourth-order valence-electron chi connectivity index (χ4n) is 1.69. The van der Waals surface area contributed by atoms with Crippen molar-refractivity contribution in [2.75, 3.05) is 45.8 Å². The number of hydrogen-bond donors (Lipinski definition) is 1. The van der Waals surface area contributed by atoms with Gasteiger partial charge in [-0.05, 0) is 13.0 Å². The third kappa shape index (κ3) is 3.73. The Morgan fingerprint density at radius 2 is 1.85 bits per heavy atom. The first kappa shape index (κ1) is 10.5. The molecule has 0 atom stereocenters. The Morgan fingerprint density at radius 3 is 2.54 bits per heavy atom. The molecule has 0 bridgehead atoms. The van der Waals surface area contributed by atoms with Crippen molar-refractivity contribution >= 4 is 0 Å². The smallest absolute Gasteiger partial charge is 0.0866 e. The monoisotopic (exact) mass is 182 g/mol. The van der Waals surface area contributed by atoms with E-state index in [1.165, 1.54) is 0 Å². The second-order valence-electron chi connectivity index (χ2n) is 3.42. The Balaban J connectivity index is 2.27. The first-order valence-electron chi connectivity index (χ1n) is 4.88. The lowest BCUT2D eigenvalue weighted by molar-refractivity contribution is 0.275. The molecule has 0 aromatic rings. The van der Waals surface area contributed by atoms with Crippen molar-refractivity contribution < 1.29 is 0 Å². The van der Waals surface area contributed by atoms with Crippen molar-refractivity contribution in [2.45, 2.75) is 6.42 Å². The SMILES string of the molecule is N#CCN1CCCN(CCN)CC1. The predicted octanol–water partition coefficient (Wildman–Crippen LogP) is -0.524. The molecule has 0 aromatic carbocycles. The van der Waals surface area contributed by atoms with E-state index in [-0.39, 0.29) is 0 Å². The fraction of sp³-hybridized carbons (Fsp3) is 0.889. The molecule has 0 amide bonds. The number of hydrogen-bond acceptors (Lipinski definition) is 4. The largest absolute Gasteiger partial charge is 0.329 e. The Morgan fingerprint density at radius 1 is 1.15 bits per heavy atom. The number of nitrogens with zero attached hydrogens (tertiary/aromatic N) is 3. The van der Waals surface area contributed by atoms with Crippen LogP contribution >= 0.6 is 0 Å². The molecule has 1 rings (SSSR count). The molecule has 74 valence electrons. The minimum absolute atomic E-state index is 0.566. The third-order valence-electron chi connectivity index (χ3n) is 2.42. The van der Waals surface area contributed by atoms with Gasteiger partial charge >= 0.3 is 0 Å². The Kier molecular flexibility index (Phi) is 4.76. The van der Waals surface area contributed by atoms with Gasteiger partial charge in [0.1, 0.15) is 0 Å². The van der Waals surface area contributed by atoms with Crippen LogP contribution < -0.4 is 5.73 Å². The van der Waals surface area contributed by atoms with Gasteiger partial charge in [0.2, 0.25) is 0 Å². The second kappa shape index (κ2) is 5.92. The molecule has 0 aromatic heterocycles. The van der Waals surface area contributed by atoms with Crippen molar-refractivity contribution in [2.24, 2.45) is 5.73 Å². The summed E-state index contributed by atoms with van der Waals surface area (Å²) in [6.45, 7) is 6.52. The van der Waals surface area contributed by atoms with E-state index in [1.54, 1.807) is 0 Å². The lowest BCUT2D eigenvalue weighted by atomic mass is 10.4. The van der Waals surface area contributed by atoms with Crippen LogP contribution in [0.4, 0.5) is 0 Å². The molecule has 1 saturated heterocycles. The van der Waals surface area contributed by atoms with Crippen LogP contribution in [0.25, 0.3) is 0 Å². The molecule has 4 heteroatoms. The zero-order valence-corrected chi connectivity index (χ0v) is 8.08. The molecule has 0 spiro atoms. The van der Waals surface area contributed by atoms with Gasteiger partial charge in [-0.25, -0.2) is 0 Å². The van der Waals surface area contributed by atoms with Gasteiger partial charge in [-0.15, -0.1) is 0 Å². The van der Waals surface area contributed by atoms with Gasteiger partial charge in [-0.3, -0.25) is 4.90 Å². The van der Waals surface area contributed by atoms with Gasteiger partial charge < -0.3 is 10.6 Å². The fourth-order valence-corrected chi connectivity index (χ4v) is 1.69. The molecule has 0 aliphatic carbocycles. The summed E-state index contributed by atoms with van der Waals surface area (Å²) in [5.74, 6) is 0. The van der Waals surface area contributed by atoms with E-state index in [4.69, 9.17) is 11.0 Å². The summed E-state index contributed by atoms with van der Waals surface area (Å²) in [5.41, 5.74) is 5.50. The standard InChI is InChI=1S/C9H18N4/c10-2-6-12-4-1-5-13(7-3-11)9-8-12/h1-2,4-10H2. The zero-order valence-electron chi connectivity index (χ0n) is 8.08. The first-order valence-corrected chi connectivity index (χ1v) is 4.88. The van der Waals surface area contributed by atoms with Crippen LogP contribution in [0.15, 0.2) is 0 Å². The third-order valence-corrected chi connectivity index (χ3v) is 2.42. The summed E-state index contributed by atoms with van der Waals surface area (Å²) in [6, 6.07) is 2.19. The van der Waals surface area contributed by atoms with E-state index in [0.29, 0.717) is 6.54 Å². The number of rotatable bonds is 3. The zero-order chi connectivity index (χ0) is 9.52. The second-order valence-corrected chi connectivity index (χ2v) is 3.42. The summed E-state index contributed by atoms with van der Waals surface area (Å²) in [4.78, 5) is 4.58. The van der Waals surface area contributed by atoms with Crippen LogP contribution in [-0.4, -0.2) is 55.6 Å². The summed E-state index contributed by atoms with van der Waals surface area (Å²) in [7, 11) is 0. The van der Waals surface area contributed by atoms with Crippen LogP contribution in [-0.2, 0) is 0 Å². The van der Waals surface area contributed by atoms with Gasteiger partial charge in [0.05, 0.1) is 12.6 Å². The maximum absolute atomic E-state index is 8.55. The normalized spacial score (nSPS) is 20.9. The molecular weight excluding hydrogens is 164 g/mol. The molecule has 0 radical (unpaired) electrons. The average molecular weight is 182 g/mol. The highest BCUT2D eigenvalue weighted by atomic mass is 15.2. The highest BCUT2D eigenvalue weighted by Gasteiger charge is 2.12. The molecule has 1 aliphatic heterocycles. The Bertz CT molecular complexity index is 175.